The summed E-state index contributed by atoms with van der Waals surface area (Å²) in [6.45, 7) is 3.60. The molecule has 0 aromatic heterocycles. The summed E-state index contributed by atoms with van der Waals surface area (Å²) in [7, 11) is 0. The molecule has 0 heterocycles. The van der Waals surface area contributed by atoms with Crippen molar-refractivity contribution in [3.63, 3.8) is 0 Å². The molecule has 0 saturated carbocycles. The summed E-state index contributed by atoms with van der Waals surface area (Å²) in [6, 6.07) is 11.7. The van der Waals surface area contributed by atoms with E-state index in [1.807, 2.05) is 0 Å². The predicted octanol–water partition coefficient (Wildman–Crippen LogP) is 1.65. The zero-order valence-corrected chi connectivity index (χ0v) is 16.0. The third-order valence-electron chi connectivity index (χ3n) is 4.34. The molecule has 0 aliphatic carbocycles. The van der Waals surface area contributed by atoms with Crippen LogP contribution in [0.1, 0.15) is 25.0 Å². The number of phenolic OH excluding ortho intramolecular Hbond substituents is 1. The maximum absolute atomic E-state index is 13.0. The standard InChI is InChI=1S/C21H26FN3O3/c1-21(2,20(28)24-12-11-14-5-9-17(26)10-6-14)25-19(27)18(23)13-15-3-7-16(22)8-4-15/h3-10,18,26H,11-13,23H2,1-2H3,(H,24,28)(H,25,27)/t18-/m1/s1. The summed E-state index contributed by atoms with van der Waals surface area (Å²) >= 11 is 0. The van der Waals surface area contributed by atoms with E-state index >= 15 is 0 Å². The number of nitrogens with one attached hydrogen (secondary N) is 2. The van der Waals surface area contributed by atoms with Gasteiger partial charge in [0.1, 0.15) is 17.1 Å². The fourth-order valence-electron chi connectivity index (χ4n) is 2.63. The molecule has 2 rings (SSSR count). The average molecular weight is 387 g/mol. The van der Waals surface area contributed by atoms with Gasteiger partial charge in [-0.2, -0.15) is 0 Å². The Kier molecular flexibility index (Phi) is 7.12. The second-order valence-corrected chi connectivity index (χ2v) is 7.22. The predicted molar refractivity (Wildman–Crippen MR) is 105 cm³/mol. The van der Waals surface area contributed by atoms with Crippen molar-refractivity contribution in [2.45, 2.75) is 38.3 Å². The van der Waals surface area contributed by atoms with Crippen LogP contribution in [0, 0.1) is 5.82 Å². The van der Waals surface area contributed by atoms with E-state index in [-0.39, 0.29) is 23.9 Å². The topological polar surface area (TPSA) is 104 Å². The SMILES string of the molecule is CC(C)(NC(=O)[C@H](N)Cc1ccc(F)cc1)C(=O)NCCc1ccc(O)cc1. The normalized spacial score (nSPS) is 12.3. The van der Waals surface area contributed by atoms with Crippen LogP contribution in [0.4, 0.5) is 4.39 Å². The van der Waals surface area contributed by atoms with Crippen molar-refractivity contribution in [1.29, 1.82) is 0 Å². The highest BCUT2D eigenvalue weighted by Crippen LogP contribution is 2.10. The van der Waals surface area contributed by atoms with Crippen molar-refractivity contribution in [2.75, 3.05) is 6.54 Å². The maximum atomic E-state index is 13.0. The van der Waals surface area contributed by atoms with Crippen LogP contribution in [-0.4, -0.2) is 35.0 Å². The number of carbonyl (C=O) groups excluding carboxylic acids is 2. The molecule has 150 valence electrons. The number of phenols is 1. The Balaban J connectivity index is 1.82. The van der Waals surface area contributed by atoms with Gasteiger partial charge in [0.05, 0.1) is 6.04 Å². The van der Waals surface area contributed by atoms with Gasteiger partial charge in [0.15, 0.2) is 0 Å². The van der Waals surface area contributed by atoms with E-state index in [2.05, 4.69) is 10.6 Å². The lowest BCUT2D eigenvalue weighted by Gasteiger charge is -2.27. The molecular formula is C21H26FN3O3. The first-order chi connectivity index (χ1) is 13.2. The average Bonchev–Trinajstić information content (AvgIpc) is 2.64. The van der Waals surface area contributed by atoms with Gasteiger partial charge in [0.2, 0.25) is 11.8 Å². The summed E-state index contributed by atoms with van der Waals surface area (Å²) in [6.07, 6.45) is 0.838. The Hall–Kier alpha value is -2.93. The van der Waals surface area contributed by atoms with Gasteiger partial charge in [-0.05, 0) is 62.1 Å². The molecule has 0 unspecified atom stereocenters. The molecule has 0 saturated heterocycles. The lowest BCUT2D eigenvalue weighted by Crippen LogP contribution is -2.58. The van der Waals surface area contributed by atoms with Crippen LogP contribution in [0.25, 0.3) is 0 Å². The first-order valence-electron chi connectivity index (χ1n) is 9.05. The van der Waals surface area contributed by atoms with Crippen LogP contribution in [0.2, 0.25) is 0 Å². The molecule has 0 bridgehead atoms. The Morgan fingerprint density at radius 1 is 1.07 bits per heavy atom. The number of nitrogens with two attached hydrogens (primary N) is 1. The van der Waals surface area contributed by atoms with E-state index in [0.717, 1.165) is 11.1 Å². The van der Waals surface area contributed by atoms with Crippen molar-refractivity contribution < 1.29 is 19.1 Å². The number of amides is 2. The van der Waals surface area contributed by atoms with Gasteiger partial charge in [0.25, 0.3) is 0 Å². The van der Waals surface area contributed by atoms with Gasteiger partial charge >= 0.3 is 0 Å². The highest BCUT2D eigenvalue weighted by Gasteiger charge is 2.30. The van der Waals surface area contributed by atoms with Crippen LogP contribution in [0.3, 0.4) is 0 Å². The van der Waals surface area contributed by atoms with Gasteiger partial charge in [0, 0.05) is 6.54 Å². The molecule has 28 heavy (non-hydrogen) atoms. The van der Waals surface area contributed by atoms with E-state index < -0.39 is 17.5 Å². The van der Waals surface area contributed by atoms with Crippen LogP contribution < -0.4 is 16.4 Å². The highest BCUT2D eigenvalue weighted by molar-refractivity contribution is 5.92. The fraction of sp³-hybridized carbons (Fsp3) is 0.333. The quantitative estimate of drug-likeness (QED) is 0.553. The summed E-state index contributed by atoms with van der Waals surface area (Å²) in [4.78, 5) is 24.8. The molecule has 2 aromatic rings. The Bertz CT molecular complexity index is 805. The number of hydrogen-bond donors (Lipinski definition) is 4. The Labute approximate surface area is 163 Å². The zero-order valence-electron chi connectivity index (χ0n) is 16.0. The number of rotatable bonds is 8. The number of hydrogen-bond acceptors (Lipinski definition) is 4. The molecule has 1 atom stereocenters. The molecule has 2 amide bonds. The number of halogens is 1. The molecule has 0 fully saturated rings. The first kappa shape index (κ1) is 21.4. The first-order valence-corrected chi connectivity index (χ1v) is 9.05. The molecule has 5 N–H and O–H groups in total. The zero-order chi connectivity index (χ0) is 20.7. The summed E-state index contributed by atoms with van der Waals surface area (Å²) in [5, 5.41) is 14.7. The van der Waals surface area contributed by atoms with Crippen LogP contribution in [-0.2, 0) is 22.4 Å². The monoisotopic (exact) mass is 387 g/mol. The number of aromatic hydroxyl groups is 1. The molecular weight excluding hydrogens is 361 g/mol. The second kappa shape index (κ2) is 9.32. The van der Waals surface area contributed by atoms with Crippen molar-refractivity contribution in [3.8, 4) is 5.75 Å². The van der Waals surface area contributed by atoms with E-state index in [0.29, 0.717) is 13.0 Å². The minimum atomic E-state index is -1.13. The van der Waals surface area contributed by atoms with E-state index in [1.54, 1.807) is 50.2 Å². The van der Waals surface area contributed by atoms with E-state index in [4.69, 9.17) is 5.73 Å². The third kappa shape index (κ3) is 6.35. The molecule has 2 aromatic carbocycles. The van der Waals surface area contributed by atoms with Crippen LogP contribution in [0.5, 0.6) is 5.75 Å². The van der Waals surface area contributed by atoms with Gasteiger partial charge in [-0.3, -0.25) is 9.59 Å². The summed E-state index contributed by atoms with van der Waals surface area (Å²) in [5.74, 6) is -0.947. The summed E-state index contributed by atoms with van der Waals surface area (Å²) in [5.41, 5.74) is 6.50. The van der Waals surface area contributed by atoms with Crippen LogP contribution in [0.15, 0.2) is 48.5 Å². The smallest absolute Gasteiger partial charge is 0.245 e. The number of carbonyl (C=O) groups is 2. The molecule has 0 aliphatic rings. The van der Waals surface area contributed by atoms with Gasteiger partial charge in [-0.25, -0.2) is 4.39 Å². The second-order valence-electron chi connectivity index (χ2n) is 7.22. The lowest BCUT2D eigenvalue weighted by molar-refractivity contribution is -0.132. The molecule has 6 nitrogen and oxygen atoms in total. The molecule has 0 spiro atoms. The van der Waals surface area contributed by atoms with E-state index in [9.17, 15) is 19.1 Å². The van der Waals surface area contributed by atoms with Crippen molar-refractivity contribution in [1.82, 2.24) is 10.6 Å². The lowest BCUT2D eigenvalue weighted by atomic mass is 10.0. The minimum absolute atomic E-state index is 0.189. The molecule has 7 heteroatoms. The molecule has 0 radical (unpaired) electrons. The summed E-state index contributed by atoms with van der Waals surface area (Å²) < 4.78 is 13.0. The number of benzene rings is 2. The van der Waals surface area contributed by atoms with Crippen LogP contribution >= 0.6 is 0 Å². The van der Waals surface area contributed by atoms with Crippen molar-refractivity contribution >= 4 is 11.8 Å². The fourth-order valence-corrected chi connectivity index (χ4v) is 2.63. The minimum Gasteiger partial charge on any atom is -0.508 e. The van der Waals surface area contributed by atoms with Gasteiger partial charge < -0.3 is 21.5 Å². The van der Waals surface area contributed by atoms with Crippen molar-refractivity contribution in [3.05, 3.63) is 65.5 Å². The Morgan fingerprint density at radius 2 is 1.64 bits per heavy atom. The largest absolute Gasteiger partial charge is 0.508 e. The van der Waals surface area contributed by atoms with Gasteiger partial charge in [-0.1, -0.05) is 24.3 Å². The Morgan fingerprint density at radius 3 is 2.25 bits per heavy atom. The van der Waals surface area contributed by atoms with E-state index in [1.165, 1.54) is 12.1 Å². The van der Waals surface area contributed by atoms with Gasteiger partial charge in [-0.15, -0.1) is 0 Å². The highest BCUT2D eigenvalue weighted by atomic mass is 19.1. The maximum Gasteiger partial charge on any atom is 0.245 e. The third-order valence-corrected chi connectivity index (χ3v) is 4.34. The van der Waals surface area contributed by atoms with Crippen molar-refractivity contribution in [2.24, 2.45) is 5.73 Å². The molecule has 0 aliphatic heterocycles.